The van der Waals surface area contributed by atoms with Crippen LogP contribution in [0.25, 0.3) is 0 Å². The molecule has 3 N–H and O–H groups in total. The van der Waals surface area contributed by atoms with Crippen LogP contribution < -0.4 is 11.1 Å². The van der Waals surface area contributed by atoms with Gasteiger partial charge in [-0.3, -0.25) is 4.79 Å². The van der Waals surface area contributed by atoms with E-state index in [0.29, 0.717) is 19.8 Å². The highest BCUT2D eigenvalue weighted by Gasteiger charge is 2.11. The van der Waals surface area contributed by atoms with Gasteiger partial charge < -0.3 is 20.5 Å². The number of carbonyl (C=O) groups is 1. The maximum absolute atomic E-state index is 11.1. The fraction of sp³-hybridized carbons (Fsp3) is 0.889. The fourth-order valence-corrected chi connectivity index (χ4v) is 0.883. The Labute approximate surface area is 84.9 Å². The maximum atomic E-state index is 11.1. The van der Waals surface area contributed by atoms with E-state index in [1.807, 2.05) is 13.8 Å². The predicted molar refractivity (Wildman–Crippen MR) is 53.7 cm³/mol. The minimum absolute atomic E-state index is 0.200. The van der Waals surface area contributed by atoms with Crippen LogP contribution in [-0.2, 0) is 14.3 Å². The number of rotatable bonds is 7. The first-order valence-corrected chi connectivity index (χ1v) is 4.88. The second-order valence-electron chi connectivity index (χ2n) is 2.87. The number of nitrogens with two attached hydrogens (primary N) is 1. The molecule has 0 aliphatic carbocycles. The van der Waals surface area contributed by atoms with Crippen molar-refractivity contribution in [1.29, 1.82) is 0 Å². The largest absolute Gasteiger partial charge is 0.351 e. The van der Waals surface area contributed by atoms with Crippen molar-refractivity contribution in [3.63, 3.8) is 0 Å². The van der Waals surface area contributed by atoms with Gasteiger partial charge in [-0.2, -0.15) is 0 Å². The highest BCUT2D eigenvalue weighted by Crippen LogP contribution is 1.93. The van der Waals surface area contributed by atoms with E-state index in [1.54, 1.807) is 6.92 Å². The van der Waals surface area contributed by atoms with E-state index in [4.69, 9.17) is 15.2 Å². The lowest BCUT2D eigenvalue weighted by atomic mass is 10.3. The molecule has 0 fully saturated rings. The number of hydrogen-bond donors (Lipinski definition) is 2. The minimum Gasteiger partial charge on any atom is -0.351 e. The molecule has 5 nitrogen and oxygen atoms in total. The summed E-state index contributed by atoms with van der Waals surface area (Å²) in [5, 5.41) is 2.64. The molecule has 0 aromatic carbocycles. The lowest BCUT2D eigenvalue weighted by molar-refractivity contribution is -0.140. The number of ether oxygens (including phenoxy) is 2. The van der Waals surface area contributed by atoms with Gasteiger partial charge in [0.05, 0.1) is 12.6 Å². The Kier molecular flexibility index (Phi) is 7.37. The molecule has 0 aromatic rings. The standard InChI is InChI=1S/C9H20N2O3/c1-4-13-8(14-5-2)6-11-9(12)7(3)10/h7-8H,4-6,10H2,1-3H3,(H,11,12). The van der Waals surface area contributed by atoms with Gasteiger partial charge in [-0.25, -0.2) is 0 Å². The average molecular weight is 204 g/mol. The Morgan fingerprint density at radius 2 is 1.86 bits per heavy atom. The monoisotopic (exact) mass is 204 g/mol. The summed E-state index contributed by atoms with van der Waals surface area (Å²) in [6.45, 7) is 6.82. The molecule has 0 bridgehead atoms. The van der Waals surface area contributed by atoms with Crippen LogP contribution in [0.4, 0.5) is 0 Å². The van der Waals surface area contributed by atoms with Gasteiger partial charge >= 0.3 is 0 Å². The minimum atomic E-state index is -0.501. The van der Waals surface area contributed by atoms with Crippen LogP contribution in [0.2, 0.25) is 0 Å². The zero-order valence-corrected chi connectivity index (χ0v) is 9.08. The van der Waals surface area contributed by atoms with E-state index in [9.17, 15) is 4.79 Å². The van der Waals surface area contributed by atoms with Crippen LogP contribution in [0.3, 0.4) is 0 Å². The summed E-state index contributed by atoms with van der Waals surface area (Å²) in [5.74, 6) is -0.200. The summed E-state index contributed by atoms with van der Waals surface area (Å²) >= 11 is 0. The predicted octanol–water partition coefficient (Wildman–Crippen LogP) is -0.151. The van der Waals surface area contributed by atoms with Crippen molar-refractivity contribution in [2.75, 3.05) is 19.8 Å². The van der Waals surface area contributed by atoms with Gasteiger partial charge in [-0.15, -0.1) is 0 Å². The number of amides is 1. The Morgan fingerprint density at radius 1 is 1.36 bits per heavy atom. The van der Waals surface area contributed by atoms with E-state index in [0.717, 1.165) is 0 Å². The SMILES string of the molecule is CCOC(CNC(=O)C(C)N)OCC. The molecule has 0 heterocycles. The van der Waals surface area contributed by atoms with Gasteiger partial charge in [0.1, 0.15) is 0 Å². The van der Waals surface area contributed by atoms with Crippen molar-refractivity contribution in [3.05, 3.63) is 0 Å². The quantitative estimate of drug-likeness (QED) is 0.566. The molecule has 0 saturated heterocycles. The first-order chi connectivity index (χ1) is 6.61. The van der Waals surface area contributed by atoms with Crippen molar-refractivity contribution in [3.8, 4) is 0 Å². The molecule has 0 aliphatic heterocycles. The Morgan fingerprint density at radius 3 is 2.21 bits per heavy atom. The first-order valence-electron chi connectivity index (χ1n) is 4.88. The van der Waals surface area contributed by atoms with Gasteiger partial charge in [0.2, 0.25) is 5.91 Å². The summed E-state index contributed by atoms with van der Waals surface area (Å²) in [6.07, 6.45) is -0.382. The second kappa shape index (κ2) is 7.73. The van der Waals surface area contributed by atoms with E-state index >= 15 is 0 Å². The summed E-state index contributed by atoms with van der Waals surface area (Å²) < 4.78 is 10.5. The van der Waals surface area contributed by atoms with E-state index < -0.39 is 6.04 Å². The summed E-state index contributed by atoms with van der Waals surface area (Å²) in [4.78, 5) is 11.1. The second-order valence-corrected chi connectivity index (χ2v) is 2.87. The van der Waals surface area contributed by atoms with Crippen LogP contribution in [0.5, 0.6) is 0 Å². The fourth-order valence-electron chi connectivity index (χ4n) is 0.883. The number of carbonyl (C=O) groups excluding carboxylic acids is 1. The zero-order chi connectivity index (χ0) is 11.0. The molecule has 1 atom stereocenters. The topological polar surface area (TPSA) is 73.6 Å². The van der Waals surface area contributed by atoms with Gasteiger partial charge in [0.25, 0.3) is 0 Å². The molecular formula is C9H20N2O3. The number of nitrogens with one attached hydrogen (secondary N) is 1. The molecule has 84 valence electrons. The molecule has 0 saturated carbocycles. The van der Waals surface area contributed by atoms with E-state index in [-0.39, 0.29) is 12.2 Å². The van der Waals surface area contributed by atoms with E-state index in [1.165, 1.54) is 0 Å². The summed E-state index contributed by atoms with van der Waals surface area (Å²) in [7, 11) is 0. The molecular weight excluding hydrogens is 184 g/mol. The zero-order valence-electron chi connectivity index (χ0n) is 9.08. The third-order valence-corrected chi connectivity index (χ3v) is 1.56. The van der Waals surface area contributed by atoms with Crippen LogP contribution in [-0.4, -0.2) is 38.0 Å². The molecule has 0 aromatic heterocycles. The van der Waals surface area contributed by atoms with Crippen molar-refractivity contribution >= 4 is 5.91 Å². The van der Waals surface area contributed by atoms with Crippen LogP contribution in [0.1, 0.15) is 20.8 Å². The highest BCUT2D eigenvalue weighted by molar-refractivity contribution is 5.80. The van der Waals surface area contributed by atoms with Crippen LogP contribution in [0, 0.1) is 0 Å². The summed E-state index contributed by atoms with van der Waals surface area (Å²) in [5.41, 5.74) is 5.38. The third-order valence-electron chi connectivity index (χ3n) is 1.56. The average Bonchev–Trinajstić information content (AvgIpc) is 2.14. The van der Waals surface area contributed by atoms with Gasteiger partial charge in [0.15, 0.2) is 6.29 Å². The van der Waals surface area contributed by atoms with Crippen molar-refractivity contribution in [1.82, 2.24) is 5.32 Å². The van der Waals surface area contributed by atoms with Crippen molar-refractivity contribution < 1.29 is 14.3 Å². The molecule has 0 radical (unpaired) electrons. The first kappa shape index (κ1) is 13.4. The Bertz CT molecular complexity index is 156. The molecule has 14 heavy (non-hydrogen) atoms. The molecule has 0 aliphatic rings. The maximum Gasteiger partial charge on any atom is 0.236 e. The van der Waals surface area contributed by atoms with Gasteiger partial charge in [-0.05, 0) is 20.8 Å². The smallest absolute Gasteiger partial charge is 0.236 e. The highest BCUT2D eigenvalue weighted by atomic mass is 16.7. The molecule has 0 spiro atoms. The lowest BCUT2D eigenvalue weighted by Gasteiger charge is -2.17. The Hall–Kier alpha value is -0.650. The lowest BCUT2D eigenvalue weighted by Crippen LogP contribution is -2.43. The van der Waals surface area contributed by atoms with Crippen LogP contribution >= 0.6 is 0 Å². The molecule has 5 heteroatoms. The number of hydrogen-bond acceptors (Lipinski definition) is 4. The van der Waals surface area contributed by atoms with Crippen molar-refractivity contribution in [2.45, 2.75) is 33.1 Å². The Balaban J connectivity index is 3.74. The van der Waals surface area contributed by atoms with E-state index in [2.05, 4.69) is 5.32 Å². The van der Waals surface area contributed by atoms with Gasteiger partial charge in [0, 0.05) is 13.2 Å². The molecule has 1 amide bonds. The van der Waals surface area contributed by atoms with Gasteiger partial charge in [-0.1, -0.05) is 0 Å². The normalized spacial score (nSPS) is 12.9. The van der Waals surface area contributed by atoms with Crippen LogP contribution in [0.15, 0.2) is 0 Å². The third kappa shape index (κ3) is 5.90. The van der Waals surface area contributed by atoms with Crippen molar-refractivity contribution in [2.24, 2.45) is 5.73 Å². The molecule has 1 unspecified atom stereocenters. The summed E-state index contributed by atoms with van der Waals surface area (Å²) in [6, 6.07) is -0.501. The molecule has 0 rings (SSSR count).